The Hall–Kier alpha value is -2.56. The monoisotopic (exact) mass is 241 g/mol. The number of hydrogen-bond donors (Lipinski definition) is 2. The summed E-state index contributed by atoms with van der Waals surface area (Å²) >= 11 is 0. The molecule has 2 N–H and O–H groups in total. The lowest BCUT2D eigenvalue weighted by Crippen LogP contribution is -2.05. The second-order valence-electron chi connectivity index (χ2n) is 3.86. The largest absolute Gasteiger partial charge is 0.496 e. The third-order valence-corrected chi connectivity index (χ3v) is 2.87. The van der Waals surface area contributed by atoms with E-state index in [2.05, 4.69) is 15.0 Å². The summed E-state index contributed by atoms with van der Waals surface area (Å²) in [4.78, 5) is 21.5. The Balaban J connectivity index is 2.36. The molecule has 0 amide bonds. The minimum Gasteiger partial charge on any atom is -0.496 e. The third kappa shape index (κ3) is 1.48. The van der Waals surface area contributed by atoms with Crippen molar-refractivity contribution in [3.8, 4) is 16.9 Å². The van der Waals surface area contributed by atoms with Gasteiger partial charge in [-0.25, -0.2) is 4.98 Å². The molecule has 3 aromatic rings. The van der Waals surface area contributed by atoms with Crippen LogP contribution in [0.2, 0.25) is 0 Å². The van der Waals surface area contributed by atoms with E-state index in [9.17, 15) is 4.79 Å². The highest BCUT2D eigenvalue weighted by Gasteiger charge is 2.13. The van der Waals surface area contributed by atoms with Gasteiger partial charge >= 0.3 is 0 Å². The fourth-order valence-electron chi connectivity index (χ4n) is 2.05. The van der Waals surface area contributed by atoms with Crippen LogP contribution >= 0.6 is 0 Å². The van der Waals surface area contributed by atoms with Gasteiger partial charge in [0.15, 0.2) is 0 Å². The van der Waals surface area contributed by atoms with Gasteiger partial charge < -0.3 is 14.7 Å². The number of ether oxygens (including phenoxy) is 1. The predicted octanol–water partition coefficient (Wildman–Crippen LogP) is 1.93. The number of para-hydroxylation sites is 1. The maximum Gasteiger partial charge on any atom is 0.260 e. The SMILES string of the molecule is COc1ccccc1-c1c[nH]c2nc[nH]c(=O)c12. The number of nitrogens with one attached hydrogen (secondary N) is 2. The number of methoxy groups -OCH3 is 1. The van der Waals surface area contributed by atoms with Crippen molar-refractivity contribution in [3.05, 3.63) is 47.1 Å². The first-order chi connectivity index (χ1) is 8.81. The summed E-state index contributed by atoms with van der Waals surface area (Å²) in [6.07, 6.45) is 3.15. The van der Waals surface area contributed by atoms with Gasteiger partial charge in [0.25, 0.3) is 5.56 Å². The molecule has 0 fully saturated rings. The maximum atomic E-state index is 11.9. The van der Waals surface area contributed by atoms with Crippen LogP contribution in [0.15, 0.2) is 41.6 Å². The molecule has 0 saturated heterocycles. The van der Waals surface area contributed by atoms with Gasteiger partial charge in [-0.1, -0.05) is 18.2 Å². The molecule has 3 rings (SSSR count). The standard InChI is InChI=1S/C13H11N3O2/c1-18-10-5-3-2-4-8(10)9-6-14-12-11(9)13(17)16-7-15-12/h2-7H,1H3,(H2,14,15,16,17). The molecule has 0 radical (unpaired) electrons. The second kappa shape index (κ2) is 4.03. The number of aromatic nitrogens is 3. The molecule has 0 atom stereocenters. The van der Waals surface area contributed by atoms with E-state index in [1.807, 2.05) is 24.3 Å². The van der Waals surface area contributed by atoms with Crippen molar-refractivity contribution in [1.29, 1.82) is 0 Å². The lowest BCUT2D eigenvalue weighted by atomic mass is 10.1. The predicted molar refractivity (Wildman–Crippen MR) is 68.7 cm³/mol. The highest BCUT2D eigenvalue weighted by Crippen LogP contribution is 2.32. The lowest BCUT2D eigenvalue weighted by molar-refractivity contribution is 0.416. The number of benzene rings is 1. The number of H-pyrrole nitrogens is 2. The fourth-order valence-corrected chi connectivity index (χ4v) is 2.05. The van der Waals surface area contributed by atoms with Crippen molar-refractivity contribution in [2.45, 2.75) is 0 Å². The van der Waals surface area contributed by atoms with Gasteiger partial charge in [0.1, 0.15) is 11.4 Å². The molecule has 0 spiro atoms. The van der Waals surface area contributed by atoms with Gasteiger partial charge in [0.2, 0.25) is 0 Å². The molecule has 5 nitrogen and oxygen atoms in total. The van der Waals surface area contributed by atoms with Crippen molar-refractivity contribution in [3.63, 3.8) is 0 Å². The van der Waals surface area contributed by atoms with Crippen LogP contribution in [0.4, 0.5) is 0 Å². The molecule has 0 aliphatic heterocycles. The zero-order valence-electron chi connectivity index (χ0n) is 9.73. The van der Waals surface area contributed by atoms with Crippen LogP contribution in [0.1, 0.15) is 0 Å². The third-order valence-electron chi connectivity index (χ3n) is 2.87. The number of nitrogens with zero attached hydrogens (tertiary/aromatic N) is 1. The highest BCUT2D eigenvalue weighted by atomic mass is 16.5. The molecule has 18 heavy (non-hydrogen) atoms. The zero-order valence-corrected chi connectivity index (χ0v) is 9.73. The van der Waals surface area contributed by atoms with Crippen molar-refractivity contribution < 1.29 is 4.74 Å². The first kappa shape index (κ1) is 10.6. The number of aromatic amines is 2. The molecule has 0 saturated carbocycles. The summed E-state index contributed by atoms with van der Waals surface area (Å²) < 4.78 is 5.31. The van der Waals surface area contributed by atoms with Crippen LogP contribution in [0.3, 0.4) is 0 Å². The van der Waals surface area contributed by atoms with Crippen LogP contribution < -0.4 is 10.3 Å². The van der Waals surface area contributed by atoms with Crippen LogP contribution in [0, 0.1) is 0 Å². The van der Waals surface area contributed by atoms with Crippen LogP contribution in [0.5, 0.6) is 5.75 Å². The molecule has 1 aromatic carbocycles. The van der Waals surface area contributed by atoms with E-state index in [0.29, 0.717) is 11.0 Å². The maximum absolute atomic E-state index is 11.9. The summed E-state index contributed by atoms with van der Waals surface area (Å²) in [5.74, 6) is 0.724. The Labute approximate surface area is 102 Å². The highest BCUT2D eigenvalue weighted by molar-refractivity contribution is 5.94. The van der Waals surface area contributed by atoms with Gasteiger partial charge in [0.05, 0.1) is 18.8 Å². The number of hydrogen-bond acceptors (Lipinski definition) is 3. The molecule has 0 bridgehead atoms. The van der Waals surface area contributed by atoms with Crippen LogP contribution in [0.25, 0.3) is 22.2 Å². The van der Waals surface area contributed by atoms with E-state index in [-0.39, 0.29) is 5.56 Å². The first-order valence-corrected chi connectivity index (χ1v) is 5.49. The molecule has 90 valence electrons. The first-order valence-electron chi connectivity index (χ1n) is 5.49. The quantitative estimate of drug-likeness (QED) is 0.720. The Kier molecular flexibility index (Phi) is 2.37. The van der Waals surface area contributed by atoms with E-state index >= 15 is 0 Å². The molecule has 0 unspecified atom stereocenters. The van der Waals surface area contributed by atoms with E-state index in [4.69, 9.17) is 4.74 Å². The van der Waals surface area contributed by atoms with Gasteiger partial charge in [-0.15, -0.1) is 0 Å². The average molecular weight is 241 g/mol. The molecule has 0 aliphatic rings. The molecule has 2 heterocycles. The van der Waals surface area contributed by atoms with E-state index < -0.39 is 0 Å². The Morgan fingerprint density at radius 1 is 1.17 bits per heavy atom. The van der Waals surface area contributed by atoms with E-state index in [0.717, 1.165) is 16.9 Å². The lowest BCUT2D eigenvalue weighted by Gasteiger charge is -2.06. The summed E-state index contributed by atoms with van der Waals surface area (Å²) in [5.41, 5.74) is 2.06. The average Bonchev–Trinajstić information content (AvgIpc) is 2.84. The number of fused-ring (bicyclic) bond motifs is 1. The molecule has 5 heteroatoms. The van der Waals surface area contributed by atoms with Crippen molar-refractivity contribution in [2.75, 3.05) is 7.11 Å². The van der Waals surface area contributed by atoms with Gasteiger partial charge in [0, 0.05) is 17.3 Å². The van der Waals surface area contributed by atoms with Crippen LogP contribution in [-0.2, 0) is 0 Å². The molecular formula is C13H11N3O2. The molecule has 0 aliphatic carbocycles. The van der Waals surface area contributed by atoms with Gasteiger partial charge in [-0.2, -0.15) is 0 Å². The smallest absolute Gasteiger partial charge is 0.260 e. The normalized spacial score (nSPS) is 10.7. The molecular weight excluding hydrogens is 230 g/mol. The van der Waals surface area contributed by atoms with Gasteiger partial charge in [-0.05, 0) is 6.07 Å². The minimum atomic E-state index is -0.165. The minimum absolute atomic E-state index is 0.165. The summed E-state index contributed by atoms with van der Waals surface area (Å²) in [6.45, 7) is 0. The zero-order chi connectivity index (χ0) is 12.5. The second-order valence-corrected chi connectivity index (χ2v) is 3.86. The molecule has 2 aromatic heterocycles. The fraction of sp³-hybridized carbons (Fsp3) is 0.0769. The Morgan fingerprint density at radius 3 is 2.83 bits per heavy atom. The number of rotatable bonds is 2. The summed E-state index contributed by atoms with van der Waals surface area (Å²) in [7, 11) is 1.61. The van der Waals surface area contributed by atoms with E-state index in [1.54, 1.807) is 13.3 Å². The van der Waals surface area contributed by atoms with Crippen molar-refractivity contribution in [1.82, 2.24) is 15.0 Å². The Morgan fingerprint density at radius 2 is 2.00 bits per heavy atom. The summed E-state index contributed by atoms with van der Waals surface area (Å²) in [5, 5.41) is 0.544. The van der Waals surface area contributed by atoms with Crippen LogP contribution in [-0.4, -0.2) is 22.1 Å². The van der Waals surface area contributed by atoms with Crippen molar-refractivity contribution in [2.24, 2.45) is 0 Å². The summed E-state index contributed by atoms with van der Waals surface area (Å²) in [6, 6.07) is 7.56. The van der Waals surface area contributed by atoms with Gasteiger partial charge in [-0.3, -0.25) is 4.79 Å². The topological polar surface area (TPSA) is 70.8 Å². The van der Waals surface area contributed by atoms with Crippen molar-refractivity contribution >= 4 is 11.0 Å². The van der Waals surface area contributed by atoms with E-state index in [1.165, 1.54) is 6.33 Å². The Bertz CT molecular complexity index is 758.